The van der Waals surface area contributed by atoms with Gasteiger partial charge in [-0.3, -0.25) is 9.69 Å². The topological polar surface area (TPSA) is 20.3 Å². The minimum Gasteiger partial charge on any atom is -0.300 e. The molecule has 98 valence electrons. The smallest absolute Gasteiger partial charge is 0.131 e. The molecule has 1 heterocycles. The molecule has 17 heavy (non-hydrogen) atoms. The van der Waals surface area contributed by atoms with Crippen LogP contribution in [-0.2, 0) is 4.79 Å². The van der Waals surface area contributed by atoms with Crippen molar-refractivity contribution in [1.82, 2.24) is 4.90 Å². The molecule has 1 atom stereocenters. The van der Waals surface area contributed by atoms with Gasteiger partial charge in [-0.15, -0.1) is 6.58 Å². The Morgan fingerprint density at radius 1 is 1.35 bits per heavy atom. The molecule has 1 saturated heterocycles. The highest BCUT2D eigenvalue weighted by atomic mass is 16.1. The first kappa shape index (κ1) is 14.4. The number of piperidine rings is 1. The van der Waals surface area contributed by atoms with Gasteiger partial charge in [-0.25, -0.2) is 0 Å². The number of hydrogen-bond acceptors (Lipinski definition) is 2. The Labute approximate surface area is 106 Å². The second-order valence-electron chi connectivity index (χ2n) is 5.23. The lowest BCUT2D eigenvalue weighted by atomic mass is 9.97. The lowest BCUT2D eigenvalue weighted by Crippen LogP contribution is -2.41. The summed E-state index contributed by atoms with van der Waals surface area (Å²) in [6.07, 6.45) is 11.5. The number of unbranched alkanes of at least 4 members (excludes halogenated alkanes) is 3. The van der Waals surface area contributed by atoms with E-state index in [1.54, 1.807) is 6.92 Å². The molecule has 1 rings (SSSR count). The van der Waals surface area contributed by atoms with Gasteiger partial charge in [0.15, 0.2) is 0 Å². The summed E-state index contributed by atoms with van der Waals surface area (Å²) in [5, 5.41) is 0. The molecule has 0 aromatic carbocycles. The maximum atomic E-state index is 11.2. The van der Waals surface area contributed by atoms with E-state index in [1.165, 1.54) is 51.6 Å². The number of nitrogens with zero attached hydrogens (tertiary/aromatic N) is 1. The van der Waals surface area contributed by atoms with Crippen molar-refractivity contribution in [3.8, 4) is 0 Å². The van der Waals surface area contributed by atoms with Crippen LogP contribution in [0.2, 0.25) is 0 Å². The zero-order valence-corrected chi connectivity index (χ0v) is 11.3. The van der Waals surface area contributed by atoms with Gasteiger partial charge in [0.2, 0.25) is 0 Å². The van der Waals surface area contributed by atoms with Crippen molar-refractivity contribution in [3.63, 3.8) is 0 Å². The minimum atomic E-state index is 0.341. The Bertz CT molecular complexity index is 237. The highest BCUT2D eigenvalue weighted by Crippen LogP contribution is 2.20. The third kappa shape index (κ3) is 6.02. The van der Waals surface area contributed by atoms with Gasteiger partial charge in [0.25, 0.3) is 0 Å². The number of likely N-dealkylation sites (tertiary alicyclic amines) is 1. The predicted molar refractivity (Wildman–Crippen MR) is 73.2 cm³/mol. The van der Waals surface area contributed by atoms with Gasteiger partial charge in [-0.05, 0) is 52.1 Å². The molecular weight excluding hydrogens is 210 g/mol. The maximum absolute atomic E-state index is 11.2. The Kier molecular flexibility index (Phi) is 7.18. The van der Waals surface area contributed by atoms with E-state index in [2.05, 4.69) is 11.5 Å². The molecule has 0 aromatic rings. The molecule has 1 aliphatic rings. The Balaban J connectivity index is 2.22. The summed E-state index contributed by atoms with van der Waals surface area (Å²) in [6, 6.07) is 0.528. The molecule has 0 bridgehead atoms. The van der Waals surface area contributed by atoms with Crippen molar-refractivity contribution < 1.29 is 4.79 Å². The van der Waals surface area contributed by atoms with Crippen LogP contribution in [0.15, 0.2) is 12.7 Å². The van der Waals surface area contributed by atoms with Crippen LogP contribution in [0, 0.1) is 0 Å². The number of ketones is 1. The van der Waals surface area contributed by atoms with Gasteiger partial charge in [0, 0.05) is 12.5 Å². The van der Waals surface area contributed by atoms with E-state index in [1.807, 2.05) is 6.08 Å². The summed E-state index contributed by atoms with van der Waals surface area (Å²) in [5.74, 6) is 0.341. The van der Waals surface area contributed by atoms with Gasteiger partial charge in [-0.2, -0.15) is 0 Å². The summed E-state index contributed by atoms with van der Waals surface area (Å²) in [7, 11) is 0. The number of hydrogen-bond donors (Lipinski definition) is 0. The van der Waals surface area contributed by atoms with E-state index in [4.69, 9.17) is 0 Å². The van der Waals surface area contributed by atoms with Crippen LogP contribution in [0.1, 0.15) is 58.3 Å². The fraction of sp³-hybridized carbons (Fsp3) is 0.800. The van der Waals surface area contributed by atoms with Gasteiger partial charge in [0.1, 0.15) is 5.78 Å². The van der Waals surface area contributed by atoms with Crippen molar-refractivity contribution in [3.05, 3.63) is 12.7 Å². The van der Waals surface area contributed by atoms with Crippen LogP contribution >= 0.6 is 0 Å². The number of carbonyl (C=O) groups is 1. The summed E-state index contributed by atoms with van der Waals surface area (Å²) < 4.78 is 0. The van der Waals surface area contributed by atoms with Gasteiger partial charge in [-0.1, -0.05) is 18.9 Å². The molecule has 0 radical (unpaired) electrons. The number of Topliss-reactive ketones (excluding diaryl/α,β-unsaturated/α-hetero) is 1. The third-order valence-corrected chi connectivity index (χ3v) is 3.63. The molecule has 1 fully saturated rings. The van der Waals surface area contributed by atoms with E-state index in [-0.39, 0.29) is 0 Å². The average Bonchev–Trinajstić information content (AvgIpc) is 2.30. The van der Waals surface area contributed by atoms with Crippen LogP contribution in [0.3, 0.4) is 0 Å². The van der Waals surface area contributed by atoms with E-state index in [0.717, 1.165) is 12.8 Å². The molecule has 0 N–H and O–H groups in total. The molecular formula is C15H27NO. The molecule has 0 aliphatic carbocycles. The zero-order chi connectivity index (χ0) is 12.5. The lowest BCUT2D eigenvalue weighted by Gasteiger charge is -2.35. The predicted octanol–water partition coefficient (Wildman–Crippen LogP) is 3.57. The summed E-state index contributed by atoms with van der Waals surface area (Å²) >= 11 is 0. The van der Waals surface area contributed by atoms with Gasteiger partial charge < -0.3 is 0 Å². The number of carbonyl (C=O) groups excluding carboxylic acids is 1. The van der Waals surface area contributed by atoms with Crippen molar-refractivity contribution in [2.24, 2.45) is 0 Å². The first-order valence-electron chi connectivity index (χ1n) is 7.08. The third-order valence-electron chi connectivity index (χ3n) is 3.63. The second kappa shape index (κ2) is 8.46. The highest BCUT2D eigenvalue weighted by Gasteiger charge is 2.22. The zero-order valence-electron chi connectivity index (χ0n) is 11.3. The van der Waals surface area contributed by atoms with Crippen LogP contribution in [0.4, 0.5) is 0 Å². The van der Waals surface area contributed by atoms with Gasteiger partial charge >= 0.3 is 0 Å². The number of allylic oxidation sites excluding steroid dienone is 1. The fourth-order valence-electron chi connectivity index (χ4n) is 2.70. The van der Waals surface area contributed by atoms with Crippen LogP contribution in [0.5, 0.6) is 0 Å². The highest BCUT2D eigenvalue weighted by molar-refractivity contribution is 5.76. The first-order chi connectivity index (χ1) is 8.24. The molecule has 0 saturated carbocycles. The van der Waals surface area contributed by atoms with Crippen LogP contribution in [0.25, 0.3) is 0 Å². The first-order valence-corrected chi connectivity index (χ1v) is 7.08. The average molecular weight is 237 g/mol. The Morgan fingerprint density at radius 2 is 2.18 bits per heavy atom. The second-order valence-corrected chi connectivity index (χ2v) is 5.23. The van der Waals surface area contributed by atoms with E-state index < -0.39 is 0 Å². The van der Waals surface area contributed by atoms with E-state index in [9.17, 15) is 4.79 Å². The lowest BCUT2D eigenvalue weighted by molar-refractivity contribution is -0.118. The Morgan fingerprint density at radius 3 is 2.88 bits per heavy atom. The molecule has 1 unspecified atom stereocenters. The van der Waals surface area contributed by atoms with Crippen molar-refractivity contribution in [2.75, 3.05) is 13.1 Å². The molecule has 2 heteroatoms. The van der Waals surface area contributed by atoms with Gasteiger partial charge in [0.05, 0.1) is 0 Å². The fourth-order valence-corrected chi connectivity index (χ4v) is 2.70. The summed E-state index contributed by atoms with van der Waals surface area (Å²) in [4.78, 5) is 13.8. The normalized spacial score (nSPS) is 21.4. The van der Waals surface area contributed by atoms with Crippen LogP contribution < -0.4 is 0 Å². The molecule has 0 amide bonds. The summed E-state index contributed by atoms with van der Waals surface area (Å²) in [6.45, 7) is 7.83. The van der Waals surface area contributed by atoms with Crippen molar-refractivity contribution >= 4 is 5.78 Å². The minimum absolute atomic E-state index is 0.341. The van der Waals surface area contributed by atoms with Crippen LogP contribution in [-0.4, -0.2) is 29.8 Å². The molecule has 0 spiro atoms. The maximum Gasteiger partial charge on any atom is 0.131 e. The van der Waals surface area contributed by atoms with Crippen molar-refractivity contribution in [1.29, 1.82) is 0 Å². The van der Waals surface area contributed by atoms with Crippen molar-refractivity contribution in [2.45, 2.75) is 64.3 Å². The molecule has 1 aliphatic heterocycles. The monoisotopic (exact) mass is 237 g/mol. The Hall–Kier alpha value is -0.630. The summed E-state index contributed by atoms with van der Waals surface area (Å²) in [5.41, 5.74) is 0. The molecule has 0 aromatic heterocycles. The SMILES string of the molecule is C=CCCCCCN1CCCCC1CC(C)=O. The van der Waals surface area contributed by atoms with E-state index >= 15 is 0 Å². The van der Waals surface area contributed by atoms with E-state index in [0.29, 0.717) is 11.8 Å². The standard InChI is InChI=1S/C15H27NO/c1-3-4-5-6-8-11-16-12-9-7-10-15(16)13-14(2)17/h3,15H,1,4-13H2,2H3. The number of rotatable bonds is 8. The molecule has 2 nitrogen and oxygen atoms in total. The largest absolute Gasteiger partial charge is 0.300 e. The quantitative estimate of drug-likeness (QED) is 0.475.